The first-order valence-corrected chi connectivity index (χ1v) is 8.39. The third-order valence-corrected chi connectivity index (χ3v) is 5.19. The number of hydrogen-bond acceptors (Lipinski definition) is 3. The van der Waals surface area contributed by atoms with Crippen molar-refractivity contribution in [3.8, 4) is 0 Å². The van der Waals surface area contributed by atoms with Crippen molar-refractivity contribution in [3.05, 3.63) is 76.9 Å². The van der Waals surface area contributed by atoms with Crippen LogP contribution in [0.5, 0.6) is 0 Å². The summed E-state index contributed by atoms with van der Waals surface area (Å²) < 4.78 is 4.86. The van der Waals surface area contributed by atoms with E-state index in [2.05, 4.69) is 48.7 Å². The van der Waals surface area contributed by atoms with Crippen LogP contribution in [0.3, 0.4) is 0 Å². The van der Waals surface area contributed by atoms with Crippen LogP contribution in [0.15, 0.2) is 54.6 Å². The molecule has 1 aliphatic carbocycles. The molecule has 4 rings (SSSR count). The summed E-state index contributed by atoms with van der Waals surface area (Å²) in [7, 11) is 1.42. The van der Waals surface area contributed by atoms with Gasteiger partial charge in [0, 0.05) is 11.6 Å². The van der Waals surface area contributed by atoms with Crippen molar-refractivity contribution in [1.29, 1.82) is 0 Å². The van der Waals surface area contributed by atoms with Gasteiger partial charge in [-0.3, -0.25) is 0 Å². The second-order valence-electron chi connectivity index (χ2n) is 6.68. The lowest BCUT2D eigenvalue weighted by Gasteiger charge is -2.37. The maximum atomic E-state index is 11.9. The summed E-state index contributed by atoms with van der Waals surface area (Å²) in [4.78, 5) is 11.9. The van der Waals surface area contributed by atoms with E-state index in [4.69, 9.17) is 4.74 Å². The fourth-order valence-electron chi connectivity index (χ4n) is 4.03. The van der Waals surface area contributed by atoms with Gasteiger partial charge < -0.3 is 10.1 Å². The first kappa shape index (κ1) is 15.0. The number of esters is 1. The van der Waals surface area contributed by atoms with E-state index in [-0.39, 0.29) is 5.97 Å². The van der Waals surface area contributed by atoms with E-state index in [9.17, 15) is 4.79 Å². The van der Waals surface area contributed by atoms with Gasteiger partial charge in [-0.15, -0.1) is 0 Å². The topological polar surface area (TPSA) is 38.3 Å². The number of benzene rings is 2. The molecule has 3 heteroatoms. The van der Waals surface area contributed by atoms with Crippen molar-refractivity contribution in [1.82, 2.24) is 0 Å². The number of anilines is 1. The summed E-state index contributed by atoms with van der Waals surface area (Å²) in [6.45, 7) is 2.13. The second-order valence-corrected chi connectivity index (χ2v) is 6.68. The molecule has 2 aliphatic rings. The molecule has 0 radical (unpaired) electrons. The fraction of sp³-hybridized carbons (Fsp3) is 0.286. The molecule has 0 saturated carbocycles. The minimum absolute atomic E-state index is 0.280. The predicted molar refractivity (Wildman–Crippen MR) is 95.3 cm³/mol. The van der Waals surface area contributed by atoms with Gasteiger partial charge in [0.15, 0.2) is 0 Å². The Balaban J connectivity index is 1.76. The molecule has 0 amide bonds. The fourth-order valence-corrected chi connectivity index (χ4v) is 4.03. The molecule has 0 aromatic heterocycles. The molecule has 0 saturated heterocycles. The summed E-state index contributed by atoms with van der Waals surface area (Å²) in [6.07, 6.45) is 5.60. The highest BCUT2D eigenvalue weighted by Crippen LogP contribution is 2.49. The van der Waals surface area contributed by atoms with E-state index >= 15 is 0 Å². The van der Waals surface area contributed by atoms with Crippen LogP contribution in [0.25, 0.3) is 0 Å². The molecule has 1 aliphatic heterocycles. The van der Waals surface area contributed by atoms with E-state index in [1.54, 1.807) is 0 Å². The first-order valence-electron chi connectivity index (χ1n) is 8.39. The van der Waals surface area contributed by atoms with Crippen LogP contribution < -0.4 is 5.32 Å². The standard InChI is InChI=1S/C21H21NO2/c1-13-5-3-6-14(11-13)20-17-8-4-7-16(17)18-12-15(21(23)24-2)9-10-19(18)22-20/h3-7,9-12,16-17,20,22H,8H2,1-2H3. The van der Waals surface area contributed by atoms with Crippen LogP contribution in [0.4, 0.5) is 5.69 Å². The highest BCUT2D eigenvalue weighted by molar-refractivity contribution is 5.90. The number of allylic oxidation sites excluding steroid dienone is 2. The van der Waals surface area contributed by atoms with Gasteiger partial charge in [-0.05, 0) is 48.6 Å². The Morgan fingerprint density at radius 1 is 1.21 bits per heavy atom. The third-order valence-electron chi connectivity index (χ3n) is 5.19. The highest BCUT2D eigenvalue weighted by Gasteiger charge is 2.38. The summed E-state index contributed by atoms with van der Waals surface area (Å²) >= 11 is 0. The number of carbonyl (C=O) groups is 1. The molecule has 0 bridgehead atoms. The Labute approximate surface area is 142 Å². The Bertz CT molecular complexity index is 824. The number of ether oxygens (including phenoxy) is 1. The molecule has 0 fully saturated rings. The van der Waals surface area contributed by atoms with Crippen molar-refractivity contribution < 1.29 is 9.53 Å². The first-order chi connectivity index (χ1) is 11.7. The number of carbonyl (C=O) groups excluding carboxylic acids is 1. The summed E-state index contributed by atoms with van der Waals surface area (Å²) in [5.74, 6) is 0.542. The molecule has 122 valence electrons. The van der Waals surface area contributed by atoms with Crippen molar-refractivity contribution in [2.24, 2.45) is 5.92 Å². The molecule has 2 aromatic carbocycles. The summed E-state index contributed by atoms with van der Waals surface area (Å²) in [6, 6.07) is 14.8. The minimum atomic E-state index is -0.280. The smallest absolute Gasteiger partial charge is 0.337 e. The zero-order valence-electron chi connectivity index (χ0n) is 14.0. The van der Waals surface area contributed by atoms with E-state index < -0.39 is 0 Å². The maximum Gasteiger partial charge on any atom is 0.337 e. The molecule has 1 heterocycles. The van der Waals surface area contributed by atoms with Gasteiger partial charge in [-0.1, -0.05) is 42.0 Å². The lowest BCUT2D eigenvalue weighted by Crippen LogP contribution is -2.29. The average molecular weight is 319 g/mol. The quantitative estimate of drug-likeness (QED) is 0.649. The third kappa shape index (κ3) is 2.41. The number of fused-ring (bicyclic) bond motifs is 3. The van der Waals surface area contributed by atoms with E-state index in [0.717, 1.165) is 12.1 Å². The number of methoxy groups -OCH3 is 1. The van der Waals surface area contributed by atoms with Gasteiger partial charge in [0.25, 0.3) is 0 Å². The van der Waals surface area contributed by atoms with Crippen molar-refractivity contribution >= 4 is 11.7 Å². The molecule has 3 unspecified atom stereocenters. The van der Waals surface area contributed by atoms with Gasteiger partial charge in [0.2, 0.25) is 0 Å². The van der Waals surface area contributed by atoms with Crippen molar-refractivity contribution in [2.75, 3.05) is 12.4 Å². The number of rotatable bonds is 2. The Morgan fingerprint density at radius 2 is 2.08 bits per heavy atom. The van der Waals surface area contributed by atoms with Gasteiger partial charge in [-0.25, -0.2) is 4.79 Å². The summed E-state index contributed by atoms with van der Waals surface area (Å²) in [5, 5.41) is 3.70. The molecule has 24 heavy (non-hydrogen) atoms. The molecule has 0 spiro atoms. The van der Waals surface area contributed by atoms with Gasteiger partial charge in [0.1, 0.15) is 0 Å². The summed E-state index contributed by atoms with van der Waals surface area (Å²) in [5.41, 5.74) is 5.54. The number of nitrogens with one attached hydrogen (secondary N) is 1. The van der Waals surface area contributed by atoms with Crippen LogP contribution >= 0.6 is 0 Å². The molecular weight excluding hydrogens is 298 g/mol. The zero-order valence-corrected chi connectivity index (χ0v) is 14.0. The van der Waals surface area contributed by atoms with E-state index in [1.165, 1.54) is 23.8 Å². The maximum absolute atomic E-state index is 11.9. The largest absolute Gasteiger partial charge is 0.465 e. The minimum Gasteiger partial charge on any atom is -0.465 e. The Kier molecular flexibility index (Phi) is 3.64. The van der Waals surface area contributed by atoms with Gasteiger partial charge >= 0.3 is 5.97 Å². The Morgan fingerprint density at radius 3 is 2.88 bits per heavy atom. The number of aryl methyl sites for hydroxylation is 1. The van der Waals surface area contributed by atoms with Gasteiger partial charge in [0.05, 0.1) is 18.7 Å². The second kappa shape index (κ2) is 5.82. The van der Waals surface area contributed by atoms with Crippen molar-refractivity contribution in [2.45, 2.75) is 25.3 Å². The van der Waals surface area contributed by atoms with Crippen LogP contribution in [0, 0.1) is 12.8 Å². The molecule has 1 N–H and O–H groups in total. The average Bonchev–Trinajstić information content (AvgIpc) is 3.10. The number of hydrogen-bond donors (Lipinski definition) is 1. The lowest BCUT2D eigenvalue weighted by atomic mass is 9.76. The zero-order chi connectivity index (χ0) is 16.7. The van der Waals surface area contributed by atoms with Crippen LogP contribution in [-0.2, 0) is 4.74 Å². The monoisotopic (exact) mass is 319 g/mol. The van der Waals surface area contributed by atoms with Crippen LogP contribution in [0.1, 0.15) is 45.4 Å². The molecular formula is C21H21NO2. The van der Waals surface area contributed by atoms with E-state index in [1.807, 2.05) is 18.2 Å². The highest BCUT2D eigenvalue weighted by atomic mass is 16.5. The molecule has 3 atom stereocenters. The van der Waals surface area contributed by atoms with Gasteiger partial charge in [-0.2, -0.15) is 0 Å². The van der Waals surface area contributed by atoms with Crippen LogP contribution in [0.2, 0.25) is 0 Å². The Hall–Kier alpha value is -2.55. The molecule has 2 aromatic rings. The predicted octanol–water partition coefficient (Wildman–Crippen LogP) is 4.61. The van der Waals surface area contributed by atoms with Crippen LogP contribution in [-0.4, -0.2) is 13.1 Å². The normalized spacial score (nSPS) is 24.0. The lowest BCUT2D eigenvalue weighted by molar-refractivity contribution is 0.0600. The van der Waals surface area contributed by atoms with E-state index in [0.29, 0.717) is 23.4 Å². The SMILES string of the molecule is COC(=O)c1ccc2c(c1)C1C=CCC1C(c1cccc(C)c1)N2. The van der Waals surface area contributed by atoms with Crippen molar-refractivity contribution in [3.63, 3.8) is 0 Å². The molecule has 3 nitrogen and oxygen atoms in total.